The second-order valence-corrected chi connectivity index (χ2v) is 5.34. The monoisotopic (exact) mass is 314 g/mol. The number of fused-ring (bicyclic) bond motifs is 1. The second-order valence-electron chi connectivity index (χ2n) is 5.34. The molecule has 0 atom stereocenters. The van der Waals surface area contributed by atoms with Crippen molar-refractivity contribution in [2.75, 3.05) is 6.54 Å². The molecule has 2 aromatic carbocycles. The zero-order valence-electron chi connectivity index (χ0n) is 12.4. The molecule has 0 saturated heterocycles. The summed E-state index contributed by atoms with van der Waals surface area (Å²) in [7, 11) is 0. The number of aryl methyl sites for hydroxylation is 1. The van der Waals surface area contributed by atoms with Gasteiger partial charge in [0.2, 0.25) is 0 Å². The summed E-state index contributed by atoms with van der Waals surface area (Å²) in [4.78, 5) is 11.9. The molecule has 23 heavy (non-hydrogen) atoms. The van der Waals surface area contributed by atoms with Crippen LogP contribution in [-0.4, -0.2) is 17.0 Å². The van der Waals surface area contributed by atoms with E-state index < -0.39 is 17.5 Å². The number of hydrogen-bond acceptors (Lipinski definition) is 1. The average molecular weight is 314 g/mol. The van der Waals surface area contributed by atoms with E-state index in [0.29, 0.717) is 6.54 Å². The van der Waals surface area contributed by atoms with Gasteiger partial charge in [0, 0.05) is 36.4 Å². The lowest BCUT2D eigenvalue weighted by atomic mass is 10.2. The number of rotatable bonds is 5. The lowest BCUT2D eigenvalue weighted by Gasteiger charge is -2.08. The van der Waals surface area contributed by atoms with E-state index in [4.69, 9.17) is 0 Å². The molecule has 0 saturated carbocycles. The minimum atomic E-state index is -0.756. The fraction of sp³-hybridized carbons (Fsp3) is 0.167. The Labute approximate surface area is 132 Å². The molecular weight excluding hydrogens is 298 g/mol. The number of benzene rings is 2. The van der Waals surface area contributed by atoms with Crippen molar-refractivity contribution in [3.63, 3.8) is 0 Å². The molecule has 5 heteroatoms. The van der Waals surface area contributed by atoms with E-state index in [1.54, 1.807) is 0 Å². The van der Waals surface area contributed by atoms with Gasteiger partial charge in [-0.15, -0.1) is 0 Å². The Balaban J connectivity index is 1.54. The van der Waals surface area contributed by atoms with Gasteiger partial charge in [0.1, 0.15) is 11.6 Å². The lowest BCUT2D eigenvalue weighted by Crippen LogP contribution is -2.25. The van der Waals surface area contributed by atoms with Crippen LogP contribution in [0, 0.1) is 11.6 Å². The largest absolute Gasteiger partial charge is 0.352 e. The first-order valence-corrected chi connectivity index (χ1v) is 7.42. The quantitative estimate of drug-likeness (QED) is 0.715. The Kier molecular flexibility index (Phi) is 4.37. The number of carbonyl (C=O) groups excluding carboxylic acids is 1. The van der Waals surface area contributed by atoms with Gasteiger partial charge >= 0.3 is 0 Å². The zero-order valence-corrected chi connectivity index (χ0v) is 12.4. The van der Waals surface area contributed by atoms with Crippen LogP contribution in [0.2, 0.25) is 0 Å². The Bertz CT molecular complexity index is 822. The molecule has 3 rings (SSSR count). The second kappa shape index (κ2) is 6.60. The van der Waals surface area contributed by atoms with E-state index in [0.717, 1.165) is 36.7 Å². The highest BCUT2D eigenvalue weighted by molar-refractivity contribution is 5.94. The normalized spacial score (nSPS) is 10.9. The third kappa shape index (κ3) is 3.56. The Hall–Kier alpha value is -2.69. The van der Waals surface area contributed by atoms with Crippen LogP contribution < -0.4 is 5.32 Å². The van der Waals surface area contributed by atoms with Crippen molar-refractivity contribution in [2.24, 2.45) is 0 Å². The smallest absolute Gasteiger partial charge is 0.251 e. The standard InChI is InChI=1S/C18H16F2N2O/c19-15-10-14(11-16(20)12-15)18(23)21-7-3-8-22-9-6-13-4-1-2-5-17(13)22/h1-2,4-6,9-12H,3,7-8H2,(H,21,23). The van der Waals surface area contributed by atoms with Gasteiger partial charge in [-0.05, 0) is 36.1 Å². The van der Waals surface area contributed by atoms with Crippen molar-refractivity contribution in [1.29, 1.82) is 0 Å². The third-order valence-electron chi connectivity index (χ3n) is 3.67. The number of hydrogen-bond donors (Lipinski definition) is 1. The molecule has 0 unspecified atom stereocenters. The maximum atomic E-state index is 13.1. The van der Waals surface area contributed by atoms with Gasteiger partial charge in [0.25, 0.3) is 5.91 Å². The molecule has 1 heterocycles. The molecule has 0 radical (unpaired) electrons. The number of nitrogens with zero attached hydrogens (tertiary/aromatic N) is 1. The van der Waals surface area contributed by atoms with E-state index in [1.165, 1.54) is 5.39 Å². The number of carbonyl (C=O) groups is 1. The van der Waals surface area contributed by atoms with Crippen molar-refractivity contribution in [2.45, 2.75) is 13.0 Å². The summed E-state index contributed by atoms with van der Waals surface area (Å²) in [6.07, 6.45) is 2.73. The van der Waals surface area contributed by atoms with Crippen LogP contribution in [0.4, 0.5) is 8.78 Å². The fourth-order valence-corrected chi connectivity index (χ4v) is 2.57. The molecule has 0 aliphatic carbocycles. The maximum Gasteiger partial charge on any atom is 0.251 e. The summed E-state index contributed by atoms with van der Waals surface area (Å²) in [5, 5.41) is 3.85. The maximum absolute atomic E-state index is 13.1. The highest BCUT2D eigenvalue weighted by Gasteiger charge is 2.08. The molecule has 0 aliphatic heterocycles. The van der Waals surface area contributed by atoms with E-state index in [1.807, 2.05) is 36.5 Å². The number of amides is 1. The van der Waals surface area contributed by atoms with E-state index >= 15 is 0 Å². The highest BCUT2D eigenvalue weighted by Crippen LogP contribution is 2.15. The topological polar surface area (TPSA) is 34.0 Å². The third-order valence-corrected chi connectivity index (χ3v) is 3.67. The van der Waals surface area contributed by atoms with Crippen molar-refractivity contribution < 1.29 is 13.6 Å². The van der Waals surface area contributed by atoms with Gasteiger partial charge in [0.15, 0.2) is 0 Å². The number of para-hydroxylation sites is 1. The van der Waals surface area contributed by atoms with E-state index in [9.17, 15) is 13.6 Å². The van der Waals surface area contributed by atoms with Crippen molar-refractivity contribution in [3.05, 3.63) is 71.9 Å². The zero-order chi connectivity index (χ0) is 16.2. The fourth-order valence-electron chi connectivity index (χ4n) is 2.57. The molecule has 1 N–H and O–H groups in total. The minimum Gasteiger partial charge on any atom is -0.352 e. The molecule has 0 bridgehead atoms. The first-order valence-electron chi connectivity index (χ1n) is 7.42. The Morgan fingerprint density at radius 2 is 1.78 bits per heavy atom. The van der Waals surface area contributed by atoms with Crippen LogP contribution >= 0.6 is 0 Å². The predicted octanol–water partition coefficient (Wildman–Crippen LogP) is 3.74. The summed E-state index contributed by atoms with van der Waals surface area (Å²) in [6, 6.07) is 12.9. The molecule has 118 valence electrons. The van der Waals surface area contributed by atoms with Crippen LogP contribution in [-0.2, 0) is 6.54 Å². The van der Waals surface area contributed by atoms with Gasteiger partial charge < -0.3 is 9.88 Å². The lowest BCUT2D eigenvalue weighted by molar-refractivity contribution is 0.0952. The molecule has 0 spiro atoms. The SMILES string of the molecule is O=C(NCCCn1ccc2ccccc21)c1cc(F)cc(F)c1. The molecule has 1 aromatic heterocycles. The number of halogens is 2. The van der Waals surface area contributed by atoms with Crippen LogP contribution in [0.25, 0.3) is 10.9 Å². The van der Waals surface area contributed by atoms with Crippen LogP contribution in [0.3, 0.4) is 0 Å². The van der Waals surface area contributed by atoms with Crippen molar-refractivity contribution in [1.82, 2.24) is 9.88 Å². The van der Waals surface area contributed by atoms with Gasteiger partial charge in [0.05, 0.1) is 0 Å². The predicted molar refractivity (Wildman–Crippen MR) is 85.2 cm³/mol. The first kappa shape index (κ1) is 15.2. The molecule has 3 aromatic rings. The van der Waals surface area contributed by atoms with E-state index in [-0.39, 0.29) is 5.56 Å². The number of aromatic nitrogens is 1. The highest BCUT2D eigenvalue weighted by atomic mass is 19.1. The van der Waals surface area contributed by atoms with Crippen LogP contribution in [0.15, 0.2) is 54.7 Å². The summed E-state index contributed by atoms with van der Waals surface area (Å²) in [5.41, 5.74) is 1.14. The molecular formula is C18H16F2N2O. The van der Waals surface area contributed by atoms with Crippen molar-refractivity contribution >= 4 is 16.8 Å². The van der Waals surface area contributed by atoms with Crippen LogP contribution in [0.5, 0.6) is 0 Å². The summed E-state index contributed by atoms with van der Waals surface area (Å²) >= 11 is 0. The first-order chi connectivity index (χ1) is 11.1. The summed E-state index contributed by atoms with van der Waals surface area (Å²) in [6.45, 7) is 1.19. The van der Waals surface area contributed by atoms with Gasteiger partial charge in [-0.25, -0.2) is 8.78 Å². The average Bonchev–Trinajstić information content (AvgIpc) is 2.94. The molecule has 0 fully saturated rings. The van der Waals surface area contributed by atoms with Gasteiger partial charge in [-0.3, -0.25) is 4.79 Å². The molecule has 0 aliphatic rings. The number of nitrogens with one attached hydrogen (secondary N) is 1. The Morgan fingerprint density at radius 1 is 1.04 bits per heavy atom. The minimum absolute atomic E-state index is 0.00564. The summed E-state index contributed by atoms with van der Waals surface area (Å²) in [5.74, 6) is -1.98. The summed E-state index contributed by atoms with van der Waals surface area (Å²) < 4.78 is 28.3. The van der Waals surface area contributed by atoms with Gasteiger partial charge in [-0.2, -0.15) is 0 Å². The van der Waals surface area contributed by atoms with Crippen molar-refractivity contribution in [3.8, 4) is 0 Å². The molecule has 1 amide bonds. The van der Waals surface area contributed by atoms with E-state index in [2.05, 4.69) is 9.88 Å². The van der Waals surface area contributed by atoms with Gasteiger partial charge in [-0.1, -0.05) is 18.2 Å². The molecule has 3 nitrogen and oxygen atoms in total. The Morgan fingerprint density at radius 3 is 2.57 bits per heavy atom. The van der Waals surface area contributed by atoms with Crippen LogP contribution in [0.1, 0.15) is 16.8 Å².